The summed E-state index contributed by atoms with van der Waals surface area (Å²) in [4.78, 5) is 1.06. The van der Waals surface area contributed by atoms with E-state index in [1.807, 2.05) is 109 Å². The van der Waals surface area contributed by atoms with E-state index < -0.39 is 36.0 Å². The highest BCUT2D eigenvalue weighted by Gasteiger charge is 2.51. The van der Waals surface area contributed by atoms with Crippen molar-refractivity contribution in [3.8, 4) is 0 Å². The Kier molecular flexibility index (Phi) is 14.7. The maximum absolute atomic E-state index is 7.26. The summed E-state index contributed by atoms with van der Waals surface area (Å²) in [6.07, 6.45) is -2.72. The average molecular weight is 753 g/mol. The van der Waals surface area contributed by atoms with E-state index in [9.17, 15) is 0 Å². The van der Waals surface area contributed by atoms with Crippen molar-refractivity contribution in [3.63, 3.8) is 0 Å². The molecular formula is C48H48O6S. The fourth-order valence-electron chi connectivity index (χ4n) is 6.60. The van der Waals surface area contributed by atoms with Gasteiger partial charge in [0.2, 0.25) is 0 Å². The maximum atomic E-state index is 7.26. The average Bonchev–Trinajstić information content (AvgIpc) is 3.25. The number of rotatable bonds is 19. The van der Waals surface area contributed by atoms with Crippen molar-refractivity contribution < 1.29 is 28.4 Å². The molecule has 1 heterocycles. The molecule has 0 bridgehead atoms. The number of hydrogen-bond donors (Lipinski definition) is 0. The quantitative estimate of drug-likeness (QED) is 0.0817. The molecule has 0 spiro atoms. The minimum atomic E-state index is -0.585. The molecule has 1 aliphatic heterocycles. The van der Waals surface area contributed by atoms with Crippen LogP contribution in [0.4, 0.5) is 0 Å². The summed E-state index contributed by atoms with van der Waals surface area (Å²) in [6.45, 7) is 2.21. The molecule has 282 valence electrons. The minimum absolute atomic E-state index is 0.279. The Hall–Kier alpha value is -4.57. The van der Waals surface area contributed by atoms with Crippen molar-refractivity contribution in [1.82, 2.24) is 0 Å². The minimum Gasteiger partial charge on any atom is -0.374 e. The first-order valence-electron chi connectivity index (χ1n) is 18.9. The molecule has 55 heavy (non-hydrogen) atoms. The molecular weight excluding hydrogens is 705 g/mol. The van der Waals surface area contributed by atoms with Gasteiger partial charge in [-0.25, -0.2) is 0 Å². The summed E-state index contributed by atoms with van der Waals surface area (Å²) in [7, 11) is 0. The van der Waals surface area contributed by atoms with Gasteiger partial charge in [0.05, 0.1) is 39.6 Å². The fourth-order valence-corrected chi connectivity index (χ4v) is 7.73. The van der Waals surface area contributed by atoms with E-state index in [4.69, 9.17) is 28.4 Å². The van der Waals surface area contributed by atoms with E-state index in [0.29, 0.717) is 33.0 Å². The van der Waals surface area contributed by atoms with E-state index in [0.717, 1.165) is 32.7 Å². The lowest BCUT2D eigenvalue weighted by Crippen LogP contribution is -2.63. The summed E-state index contributed by atoms with van der Waals surface area (Å²) >= 11 is 1.63. The Bertz CT molecular complexity index is 1920. The van der Waals surface area contributed by atoms with E-state index in [2.05, 4.69) is 72.8 Å². The highest BCUT2D eigenvalue weighted by Crippen LogP contribution is 2.40. The molecule has 1 saturated heterocycles. The van der Waals surface area contributed by atoms with Gasteiger partial charge in [0.1, 0.15) is 36.0 Å². The fraction of sp³-hybridized carbons (Fsp3) is 0.250. The van der Waals surface area contributed by atoms with Gasteiger partial charge >= 0.3 is 0 Å². The van der Waals surface area contributed by atoms with Crippen LogP contribution in [-0.4, -0.2) is 42.6 Å². The third-order valence-electron chi connectivity index (χ3n) is 9.45. The van der Waals surface area contributed by atoms with Gasteiger partial charge in [-0.3, -0.25) is 0 Å². The van der Waals surface area contributed by atoms with Gasteiger partial charge in [-0.2, -0.15) is 0 Å². The Balaban J connectivity index is 1.26. The molecule has 1 aliphatic rings. The van der Waals surface area contributed by atoms with Crippen molar-refractivity contribution >= 4 is 11.8 Å². The molecule has 6 atom stereocenters. The molecule has 1 fully saturated rings. The lowest BCUT2D eigenvalue weighted by atomic mass is 9.95. The van der Waals surface area contributed by atoms with Crippen molar-refractivity contribution in [2.75, 3.05) is 6.61 Å². The van der Waals surface area contributed by atoms with Gasteiger partial charge in [-0.05, 0) is 39.9 Å². The SMILES string of the molecule is c1ccc(COC[C@@H](OCc2ccccc2)C2O[C@H](Sc3ccccc3)C(OCc3ccccc3)C(OCc3ccccc3)[C@@H]2OCc2ccccc2)cc1. The highest BCUT2D eigenvalue weighted by atomic mass is 32.2. The van der Waals surface area contributed by atoms with Crippen LogP contribution in [0.1, 0.15) is 27.8 Å². The lowest BCUT2D eigenvalue weighted by molar-refractivity contribution is -0.271. The van der Waals surface area contributed by atoms with Crippen LogP contribution in [-0.2, 0) is 61.5 Å². The predicted octanol–water partition coefficient (Wildman–Crippen LogP) is 10.1. The number of hydrogen-bond acceptors (Lipinski definition) is 7. The molecule has 3 unspecified atom stereocenters. The van der Waals surface area contributed by atoms with Gasteiger partial charge in [0, 0.05) is 4.90 Å². The first-order valence-corrected chi connectivity index (χ1v) is 19.8. The van der Waals surface area contributed by atoms with Crippen LogP contribution < -0.4 is 0 Å². The third kappa shape index (κ3) is 11.7. The first-order chi connectivity index (χ1) is 27.3. The Morgan fingerprint density at radius 2 is 0.800 bits per heavy atom. The predicted molar refractivity (Wildman–Crippen MR) is 217 cm³/mol. The zero-order chi connectivity index (χ0) is 37.3. The number of thioether (sulfide) groups is 1. The lowest BCUT2D eigenvalue weighted by Gasteiger charge is -2.48. The van der Waals surface area contributed by atoms with E-state index in [1.165, 1.54) is 0 Å². The van der Waals surface area contributed by atoms with Crippen LogP contribution in [0.25, 0.3) is 0 Å². The monoisotopic (exact) mass is 752 g/mol. The van der Waals surface area contributed by atoms with Crippen LogP contribution in [0.5, 0.6) is 0 Å². The maximum Gasteiger partial charge on any atom is 0.137 e. The molecule has 6 nitrogen and oxygen atoms in total. The van der Waals surface area contributed by atoms with Crippen molar-refractivity contribution in [2.24, 2.45) is 0 Å². The number of ether oxygens (including phenoxy) is 6. The Morgan fingerprint density at radius 3 is 1.27 bits per heavy atom. The Labute approximate surface area is 329 Å². The summed E-state index contributed by atoms with van der Waals surface area (Å²) in [5.74, 6) is 0. The van der Waals surface area contributed by atoms with E-state index >= 15 is 0 Å². The summed E-state index contributed by atoms with van der Waals surface area (Å²) in [5.41, 5.74) is 4.85. The molecule has 0 saturated carbocycles. The molecule has 0 aromatic heterocycles. The van der Waals surface area contributed by atoms with Crippen LogP contribution in [0.2, 0.25) is 0 Å². The molecule has 6 aromatic carbocycles. The standard InChI is InChI=1S/C48H48O6S/c1-7-19-37(20-8-1)31-49-36-43(50-32-38-21-9-2-10-22-38)44-45(51-33-39-23-11-3-12-24-39)46(52-34-40-25-13-4-14-26-40)47(53-35-41-27-15-5-16-28-41)48(54-44)55-42-29-17-6-18-30-42/h1-30,43-48H,31-36H2/t43-,44?,45-,46?,47?,48-/m1/s1. The van der Waals surface area contributed by atoms with E-state index in [-0.39, 0.29) is 6.61 Å². The van der Waals surface area contributed by atoms with Crippen molar-refractivity contribution in [2.45, 2.75) is 73.9 Å². The van der Waals surface area contributed by atoms with Crippen LogP contribution >= 0.6 is 11.8 Å². The van der Waals surface area contributed by atoms with E-state index in [1.54, 1.807) is 11.8 Å². The molecule has 6 aromatic rings. The largest absolute Gasteiger partial charge is 0.374 e. The van der Waals surface area contributed by atoms with Gasteiger partial charge in [0.25, 0.3) is 0 Å². The second-order valence-electron chi connectivity index (χ2n) is 13.5. The Morgan fingerprint density at radius 1 is 0.418 bits per heavy atom. The normalized spacial score (nSPS) is 20.2. The molecule has 0 amide bonds. The van der Waals surface area contributed by atoms with Crippen LogP contribution in [0.3, 0.4) is 0 Å². The van der Waals surface area contributed by atoms with Crippen LogP contribution in [0, 0.1) is 0 Å². The van der Waals surface area contributed by atoms with Gasteiger partial charge in [-0.1, -0.05) is 182 Å². The van der Waals surface area contributed by atoms with Crippen molar-refractivity contribution in [3.05, 3.63) is 210 Å². The highest BCUT2D eigenvalue weighted by molar-refractivity contribution is 7.99. The summed E-state index contributed by atoms with van der Waals surface area (Å²) < 4.78 is 41.4. The molecule has 7 heteroatoms. The molecule has 0 N–H and O–H groups in total. The summed E-state index contributed by atoms with van der Waals surface area (Å²) in [6, 6.07) is 61.4. The third-order valence-corrected chi connectivity index (χ3v) is 10.6. The first kappa shape index (κ1) is 38.7. The number of benzene rings is 6. The smallest absolute Gasteiger partial charge is 0.137 e. The van der Waals surface area contributed by atoms with Gasteiger partial charge in [-0.15, -0.1) is 0 Å². The van der Waals surface area contributed by atoms with Gasteiger partial charge < -0.3 is 28.4 Å². The van der Waals surface area contributed by atoms with Gasteiger partial charge in [0.15, 0.2) is 0 Å². The van der Waals surface area contributed by atoms with Crippen LogP contribution in [0.15, 0.2) is 187 Å². The zero-order valence-electron chi connectivity index (χ0n) is 30.9. The second-order valence-corrected chi connectivity index (χ2v) is 14.7. The second kappa shape index (κ2) is 20.9. The molecule has 0 aliphatic carbocycles. The molecule has 0 radical (unpaired) electrons. The van der Waals surface area contributed by atoms with Crippen molar-refractivity contribution in [1.29, 1.82) is 0 Å². The zero-order valence-corrected chi connectivity index (χ0v) is 31.7. The summed E-state index contributed by atoms with van der Waals surface area (Å²) in [5, 5.41) is 0. The topological polar surface area (TPSA) is 55.4 Å². The molecule has 7 rings (SSSR count).